The molecule has 1 atom stereocenters. The average molecular weight is 322 g/mol. The molecule has 0 spiro atoms. The average Bonchev–Trinajstić information content (AvgIpc) is 2.88. The molecular weight excluding hydrogens is 300 g/mol. The number of hydrogen-bond acceptors (Lipinski definition) is 9. The highest BCUT2D eigenvalue weighted by atomic mass is 32.2. The highest BCUT2D eigenvalue weighted by molar-refractivity contribution is 8.00. The van der Waals surface area contributed by atoms with E-state index < -0.39 is 11.2 Å². The van der Waals surface area contributed by atoms with E-state index in [0.717, 1.165) is 25.7 Å². The molecule has 0 aliphatic carbocycles. The van der Waals surface area contributed by atoms with E-state index in [9.17, 15) is 4.79 Å². The van der Waals surface area contributed by atoms with Crippen LogP contribution in [0.25, 0.3) is 0 Å². The predicted molar refractivity (Wildman–Crippen MR) is 74.9 cm³/mol. The van der Waals surface area contributed by atoms with Gasteiger partial charge in [-0.15, -0.1) is 5.10 Å². The van der Waals surface area contributed by atoms with Crippen molar-refractivity contribution >= 4 is 17.7 Å². The van der Waals surface area contributed by atoms with Crippen LogP contribution in [0.2, 0.25) is 0 Å². The van der Waals surface area contributed by atoms with Gasteiger partial charge in [0.1, 0.15) is 5.25 Å². The van der Waals surface area contributed by atoms with Crippen LogP contribution in [0.4, 0.5) is 0 Å². The van der Waals surface area contributed by atoms with Crippen molar-refractivity contribution in [3.05, 3.63) is 0 Å². The van der Waals surface area contributed by atoms with Gasteiger partial charge in [0.2, 0.25) is 5.16 Å². The molecule has 0 saturated carbocycles. The quantitative estimate of drug-likeness (QED) is 0.226. The summed E-state index contributed by atoms with van der Waals surface area (Å²) in [6, 6.07) is 0. The normalized spacial score (nSPS) is 11.6. The molecule has 0 radical (unpaired) electrons. The first-order chi connectivity index (χ1) is 10.1. The van der Waals surface area contributed by atoms with Gasteiger partial charge in [-0.25, -0.2) is 16.1 Å². The number of aromatic nitrogens is 4. The highest BCUT2D eigenvalue weighted by Gasteiger charge is 2.21. The Bertz CT molecular complexity index is 391. The topological polar surface area (TPSA) is 159 Å². The standard InChI is InChI=1S/C10H19N5O3S.H3NO/c1-15-10(12-13-14-15)19-8(9(16)17)6-4-2-3-5-7-11-18;1-2/h8,11,18H,2-7H2,1H3,(H,16,17);2H,1H2. The summed E-state index contributed by atoms with van der Waals surface area (Å²) in [5, 5.41) is 35.0. The number of carbonyl (C=O) groups is 1. The molecule has 6 N–H and O–H groups in total. The lowest BCUT2D eigenvalue weighted by Gasteiger charge is -2.10. The van der Waals surface area contributed by atoms with Gasteiger partial charge < -0.3 is 15.5 Å². The van der Waals surface area contributed by atoms with Crippen molar-refractivity contribution in [3.63, 3.8) is 0 Å². The maximum atomic E-state index is 11.2. The van der Waals surface area contributed by atoms with Crippen molar-refractivity contribution in [2.45, 2.75) is 42.5 Å². The first-order valence-corrected chi connectivity index (χ1v) is 7.27. The molecule has 1 aromatic rings. The SMILES string of the molecule is Cn1nnnc1SC(CCCCCCNO)C(=O)O.NO. The van der Waals surface area contributed by atoms with Gasteiger partial charge >= 0.3 is 5.97 Å². The monoisotopic (exact) mass is 322 g/mol. The minimum absolute atomic E-state index is 0.511. The fraction of sp³-hybridized carbons (Fsp3) is 0.800. The van der Waals surface area contributed by atoms with E-state index >= 15 is 0 Å². The van der Waals surface area contributed by atoms with E-state index in [4.69, 9.17) is 15.5 Å². The number of rotatable bonds is 10. The third-order valence-electron chi connectivity index (χ3n) is 2.61. The fourth-order valence-corrected chi connectivity index (χ4v) is 2.48. The number of tetrazole rings is 1. The second-order valence-corrected chi connectivity index (χ2v) is 5.31. The van der Waals surface area contributed by atoms with E-state index in [1.807, 2.05) is 0 Å². The third-order valence-corrected chi connectivity index (χ3v) is 3.89. The number of thioether (sulfide) groups is 1. The van der Waals surface area contributed by atoms with Gasteiger partial charge in [0.05, 0.1) is 0 Å². The minimum atomic E-state index is -0.843. The number of nitrogens with two attached hydrogens (primary N) is 1. The molecule has 0 saturated heterocycles. The number of nitrogens with one attached hydrogen (secondary N) is 1. The van der Waals surface area contributed by atoms with Gasteiger partial charge in [-0.1, -0.05) is 31.0 Å². The van der Waals surface area contributed by atoms with Crippen LogP contribution < -0.4 is 11.4 Å². The lowest BCUT2D eigenvalue weighted by molar-refractivity contribution is -0.136. The summed E-state index contributed by atoms with van der Waals surface area (Å²) in [6.45, 7) is 0.571. The molecule has 1 unspecified atom stereocenters. The second-order valence-electron chi connectivity index (χ2n) is 4.14. The van der Waals surface area contributed by atoms with Crippen LogP contribution in [0.5, 0.6) is 0 Å². The Balaban J connectivity index is 0.00000191. The molecule has 1 rings (SSSR count). The highest BCUT2D eigenvalue weighted by Crippen LogP contribution is 2.24. The van der Waals surface area contributed by atoms with Crippen molar-refractivity contribution in [2.24, 2.45) is 12.9 Å². The smallest absolute Gasteiger partial charge is 0.317 e. The Morgan fingerprint density at radius 1 is 1.38 bits per heavy atom. The summed E-state index contributed by atoms with van der Waals surface area (Å²) in [7, 11) is 1.68. The molecule has 0 aliphatic heterocycles. The maximum absolute atomic E-state index is 11.2. The van der Waals surface area contributed by atoms with Gasteiger partial charge in [0.15, 0.2) is 0 Å². The molecule has 0 aliphatic rings. The van der Waals surface area contributed by atoms with Gasteiger partial charge in [0.25, 0.3) is 0 Å². The molecule has 1 aromatic heterocycles. The van der Waals surface area contributed by atoms with Gasteiger partial charge in [-0.3, -0.25) is 4.79 Å². The number of carboxylic acids is 1. The number of unbranched alkanes of at least 4 members (excludes halogenated alkanes) is 3. The summed E-state index contributed by atoms with van der Waals surface area (Å²) in [5.74, 6) is 2.66. The molecule has 0 bridgehead atoms. The van der Waals surface area contributed by atoms with Crippen molar-refractivity contribution in [3.8, 4) is 0 Å². The van der Waals surface area contributed by atoms with Crippen LogP contribution in [0.1, 0.15) is 32.1 Å². The summed E-state index contributed by atoms with van der Waals surface area (Å²) < 4.78 is 1.47. The second kappa shape index (κ2) is 12.5. The number of aryl methyl sites for hydroxylation is 1. The van der Waals surface area contributed by atoms with Crippen LogP contribution >= 0.6 is 11.8 Å². The first kappa shape index (κ1) is 19.7. The Morgan fingerprint density at radius 2 is 2.05 bits per heavy atom. The lowest BCUT2D eigenvalue weighted by Crippen LogP contribution is -2.17. The van der Waals surface area contributed by atoms with Crippen LogP contribution in [0, 0.1) is 0 Å². The zero-order valence-electron chi connectivity index (χ0n) is 11.8. The van der Waals surface area contributed by atoms with E-state index in [1.165, 1.54) is 16.4 Å². The Labute approximate surface area is 126 Å². The fourth-order valence-electron chi connectivity index (χ4n) is 1.57. The first-order valence-electron chi connectivity index (χ1n) is 6.39. The number of hydroxylamine groups is 1. The third kappa shape index (κ3) is 8.57. The van der Waals surface area contributed by atoms with Crippen molar-refractivity contribution in [2.75, 3.05) is 6.54 Å². The Kier molecular flexibility index (Phi) is 11.7. The lowest BCUT2D eigenvalue weighted by atomic mass is 10.1. The van der Waals surface area contributed by atoms with Gasteiger partial charge in [-0.2, -0.15) is 0 Å². The molecular formula is C10H22N6O4S. The van der Waals surface area contributed by atoms with Crippen molar-refractivity contribution < 1.29 is 20.3 Å². The summed E-state index contributed by atoms with van der Waals surface area (Å²) in [5.41, 5.74) is 2.10. The Morgan fingerprint density at radius 3 is 2.57 bits per heavy atom. The molecule has 11 heteroatoms. The Hall–Kier alpha value is -1.27. The van der Waals surface area contributed by atoms with Crippen molar-refractivity contribution in [1.29, 1.82) is 0 Å². The zero-order chi connectivity index (χ0) is 16.1. The molecule has 0 amide bonds. The molecule has 21 heavy (non-hydrogen) atoms. The summed E-state index contributed by atoms with van der Waals surface area (Å²) >= 11 is 1.17. The predicted octanol–water partition coefficient (Wildman–Crippen LogP) is 0.0190. The molecule has 1 heterocycles. The number of carboxylic acid groups (broad SMARTS) is 1. The largest absolute Gasteiger partial charge is 0.480 e. The van der Waals surface area contributed by atoms with Crippen LogP contribution in [-0.4, -0.2) is 53.5 Å². The minimum Gasteiger partial charge on any atom is -0.480 e. The summed E-state index contributed by atoms with van der Waals surface area (Å²) in [6.07, 6.45) is 4.22. The zero-order valence-corrected chi connectivity index (χ0v) is 12.7. The van der Waals surface area contributed by atoms with E-state index in [1.54, 1.807) is 7.05 Å². The van der Waals surface area contributed by atoms with Gasteiger partial charge in [0, 0.05) is 13.6 Å². The van der Waals surface area contributed by atoms with Crippen molar-refractivity contribution in [1.82, 2.24) is 25.7 Å². The molecule has 10 nitrogen and oxygen atoms in total. The van der Waals surface area contributed by atoms with Gasteiger partial charge in [-0.05, 0) is 23.3 Å². The molecule has 0 aromatic carbocycles. The van der Waals surface area contributed by atoms with Crippen LogP contribution in [-0.2, 0) is 11.8 Å². The van der Waals surface area contributed by atoms with Crippen LogP contribution in [0.15, 0.2) is 5.16 Å². The van der Waals surface area contributed by atoms with E-state index in [0.29, 0.717) is 18.1 Å². The number of nitrogens with zero attached hydrogens (tertiary/aromatic N) is 4. The van der Waals surface area contributed by atoms with E-state index in [-0.39, 0.29) is 0 Å². The van der Waals surface area contributed by atoms with Crippen LogP contribution in [0.3, 0.4) is 0 Å². The molecule has 122 valence electrons. The maximum Gasteiger partial charge on any atom is 0.317 e. The number of hydrogen-bond donors (Lipinski definition) is 5. The summed E-state index contributed by atoms with van der Waals surface area (Å²) in [4.78, 5) is 11.2. The number of aliphatic carboxylic acids is 1. The molecule has 0 fully saturated rings. The van der Waals surface area contributed by atoms with E-state index in [2.05, 4.69) is 26.9 Å².